The number of benzene rings is 1. The number of hydrogen-bond donors (Lipinski definition) is 1. The largest absolute Gasteiger partial charge is 0.497 e. The second-order valence-corrected chi connectivity index (χ2v) is 4.42. The van der Waals surface area contributed by atoms with E-state index in [0.717, 1.165) is 11.3 Å². The van der Waals surface area contributed by atoms with Crippen LogP contribution in [-0.4, -0.2) is 29.7 Å². The number of carbonyl (C=O) groups is 1. The summed E-state index contributed by atoms with van der Waals surface area (Å²) in [7, 11) is 1.60. The second kappa shape index (κ2) is 6.18. The highest BCUT2D eigenvalue weighted by atomic mass is 16.5. The SMILES string of the molecule is COc1ccc(C(=O)NCCc2noc(C)n2)c(C)c1. The predicted molar refractivity (Wildman–Crippen MR) is 72.8 cm³/mol. The van der Waals surface area contributed by atoms with Gasteiger partial charge in [0.05, 0.1) is 7.11 Å². The summed E-state index contributed by atoms with van der Waals surface area (Å²) in [5.41, 5.74) is 1.51. The average Bonchev–Trinajstić information content (AvgIpc) is 2.84. The summed E-state index contributed by atoms with van der Waals surface area (Å²) < 4.78 is 9.98. The lowest BCUT2D eigenvalue weighted by Crippen LogP contribution is -2.26. The van der Waals surface area contributed by atoms with E-state index >= 15 is 0 Å². The van der Waals surface area contributed by atoms with Crippen LogP contribution in [0.4, 0.5) is 0 Å². The van der Waals surface area contributed by atoms with Crippen molar-refractivity contribution in [2.75, 3.05) is 13.7 Å². The molecule has 0 aliphatic rings. The maximum absolute atomic E-state index is 12.0. The number of amides is 1. The van der Waals surface area contributed by atoms with Crippen LogP contribution in [-0.2, 0) is 6.42 Å². The Morgan fingerprint density at radius 2 is 2.20 bits per heavy atom. The Hall–Kier alpha value is -2.37. The van der Waals surface area contributed by atoms with E-state index in [4.69, 9.17) is 9.26 Å². The number of hydrogen-bond acceptors (Lipinski definition) is 5. The molecule has 1 aromatic carbocycles. The molecule has 1 heterocycles. The Morgan fingerprint density at radius 1 is 1.40 bits per heavy atom. The zero-order valence-electron chi connectivity index (χ0n) is 11.8. The molecule has 1 amide bonds. The smallest absolute Gasteiger partial charge is 0.251 e. The van der Waals surface area contributed by atoms with Gasteiger partial charge in [-0.05, 0) is 30.7 Å². The van der Waals surface area contributed by atoms with Gasteiger partial charge >= 0.3 is 0 Å². The van der Waals surface area contributed by atoms with Gasteiger partial charge in [0.2, 0.25) is 5.89 Å². The van der Waals surface area contributed by atoms with E-state index in [2.05, 4.69) is 15.5 Å². The second-order valence-electron chi connectivity index (χ2n) is 4.42. The van der Waals surface area contributed by atoms with Crippen LogP contribution in [0.2, 0.25) is 0 Å². The van der Waals surface area contributed by atoms with Gasteiger partial charge in [-0.15, -0.1) is 0 Å². The van der Waals surface area contributed by atoms with Crippen LogP contribution in [0.15, 0.2) is 22.7 Å². The quantitative estimate of drug-likeness (QED) is 0.898. The highest BCUT2D eigenvalue weighted by Gasteiger charge is 2.10. The molecular formula is C14H17N3O3. The number of rotatable bonds is 5. The Kier molecular flexibility index (Phi) is 4.34. The molecule has 1 aromatic heterocycles. The van der Waals surface area contributed by atoms with Crippen molar-refractivity contribution in [3.63, 3.8) is 0 Å². The number of methoxy groups -OCH3 is 1. The van der Waals surface area contributed by atoms with Crippen molar-refractivity contribution in [2.24, 2.45) is 0 Å². The van der Waals surface area contributed by atoms with Gasteiger partial charge in [0.1, 0.15) is 5.75 Å². The van der Waals surface area contributed by atoms with E-state index in [1.54, 1.807) is 26.2 Å². The van der Waals surface area contributed by atoms with Crippen LogP contribution in [0.25, 0.3) is 0 Å². The zero-order valence-corrected chi connectivity index (χ0v) is 11.8. The van der Waals surface area contributed by atoms with Gasteiger partial charge in [-0.25, -0.2) is 0 Å². The third-order valence-electron chi connectivity index (χ3n) is 2.88. The Bertz CT molecular complexity index is 607. The Morgan fingerprint density at radius 3 is 2.80 bits per heavy atom. The summed E-state index contributed by atoms with van der Waals surface area (Å²) >= 11 is 0. The molecule has 0 radical (unpaired) electrons. The molecule has 0 saturated heterocycles. The van der Waals surface area contributed by atoms with E-state index < -0.39 is 0 Å². The third-order valence-corrected chi connectivity index (χ3v) is 2.88. The van der Waals surface area contributed by atoms with Crippen molar-refractivity contribution in [1.29, 1.82) is 0 Å². The zero-order chi connectivity index (χ0) is 14.5. The lowest BCUT2D eigenvalue weighted by atomic mass is 10.1. The van der Waals surface area contributed by atoms with Crippen molar-refractivity contribution in [1.82, 2.24) is 15.5 Å². The van der Waals surface area contributed by atoms with Crippen LogP contribution >= 0.6 is 0 Å². The molecule has 0 atom stereocenters. The summed E-state index contributed by atoms with van der Waals surface area (Å²) in [6, 6.07) is 5.35. The number of nitrogens with one attached hydrogen (secondary N) is 1. The summed E-state index contributed by atoms with van der Waals surface area (Å²) in [5, 5.41) is 6.61. The van der Waals surface area contributed by atoms with Crippen molar-refractivity contribution in [3.8, 4) is 5.75 Å². The fourth-order valence-corrected chi connectivity index (χ4v) is 1.84. The first-order chi connectivity index (χ1) is 9.60. The first-order valence-electron chi connectivity index (χ1n) is 6.32. The molecule has 0 spiro atoms. The standard InChI is InChI=1S/C14H17N3O3/c1-9-8-11(19-3)4-5-12(9)14(18)15-7-6-13-16-10(2)20-17-13/h4-5,8H,6-7H2,1-3H3,(H,15,18). The molecule has 0 fully saturated rings. The van der Waals surface area contributed by atoms with Crippen LogP contribution in [0.5, 0.6) is 5.75 Å². The van der Waals surface area contributed by atoms with Gasteiger partial charge in [-0.3, -0.25) is 4.79 Å². The molecule has 20 heavy (non-hydrogen) atoms. The molecule has 2 aromatic rings. The van der Waals surface area contributed by atoms with Gasteiger partial charge in [-0.2, -0.15) is 4.98 Å². The minimum absolute atomic E-state index is 0.120. The predicted octanol–water partition coefficient (Wildman–Crippen LogP) is 1.67. The number of carbonyl (C=O) groups excluding carboxylic acids is 1. The van der Waals surface area contributed by atoms with Gasteiger partial charge in [-0.1, -0.05) is 5.16 Å². The van der Waals surface area contributed by atoms with Gasteiger partial charge < -0.3 is 14.6 Å². The molecule has 106 valence electrons. The lowest BCUT2D eigenvalue weighted by molar-refractivity contribution is 0.0953. The van der Waals surface area contributed by atoms with E-state index in [1.165, 1.54) is 0 Å². The summed E-state index contributed by atoms with van der Waals surface area (Å²) in [6.45, 7) is 4.07. The molecule has 0 aliphatic carbocycles. The molecular weight excluding hydrogens is 258 g/mol. The molecule has 0 bridgehead atoms. The molecule has 0 aliphatic heterocycles. The van der Waals surface area contributed by atoms with E-state index in [1.807, 2.05) is 13.0 Å². The van der Waals surface area contributed by atoms with E-state index in [-0.39, 0.29) is 5.91 Å². The summed E-state index contributed by atoms with van der Waals surface area (Å²) in [5.74, 6) is 1.73. The average molecular weight is 275 g/mol. The minimum Gasteiger partial charge on any atom is -0.497 e. The normalized spacial score (nSPS) is 10.3. The number of ether oxygens (including phenoxy) is 1. The van der Waals surface area contributed by atoms with E-state index in [0.29, 0.717) is 30.2 Å². The molecule has 2 rings (SSSR count). The fraction of sp³-hybridized carbons (Fsp3) is 0.357. The Balaban J connectivity index is 1.91. The maximum atomic E-state index is 12.0. The molecule has 0 saturated carbocycles. The summed E-state index contributed by atoms with van der Waals surface area (Å²) in [4.78, 5) is 16.1. The summed E-state index contributed by atoms with van der Waals surface area (Å²) in [6.07, 6.45) is 0.540. The minimum atomic E-state index is -0.120. The first-order valence-corrected chi connectivity index (χ1v) is 6.32. The topological polar surface area (TPSA) is 77.2 Å². The van der Waals surface area contributed by atoms with Crippen molar-refractivity contribution in [2.45, 2.75) is 20.3 Å². The van der Waals surface area contributed by atoms with Gasteiger partial charge in [0.25, 0.3) is 5.91 Å². The van der Waals surface area contributed by atoms with Crippen LogP contribution < -0.4 is 10.1 Å². The molecule has 6 nitrogen and oxygen atoms in total. The van der Waals surface area contributed by atoms with Crippen molar-refractivity contribution < 1.29 is 14.1 Å². The lowest BCUT2D eigenvalue weighted by Gasteiger charge is -2.08. The first kappa shape index (κ1) is 14.0. The highest BCUT2D eigenvalue weighted by molar-refractivity contribution is 5.95. The van der Waals surface area contributed by atoms with E-state index in [9.17, 15) is 4.79 Å². The van der Waals surface area contributed by atoms with Crippen LogP contribution in [0.1, 0.15) is 27.6 Å². The monoisotopic (exact) mass is 275 g/mol. The van der Waals surface area contributed by atoms with Crippen molar-refractivity contribution in [3.05, 3.63) is 41.0 Å². The Labute approximate surface area is 117 Å². The maximum Gasteiger partial charge on any atom is 0.251 e. The number of aromatic nitrogens is 2. The molecule has 1 N–H and O–H groups in total. The van der Waals surface area contributed by atoms with Gasteiger partial charge in [0, 0.05) is 25.5 Å². The number of nitrogens with zero attached hydrogens (tertiary/aromatic N) is 2. The van der Waals surface area contributed by atoms with Crippen LogP contribution in [0.3, 0.4) is 0 Å². The highest BCUT2D eigenvalue weighted by Crippen LogP contribution is 2.16. The number of aryl methyl sites for hydroxylation is 2. The molecule has 6 heteroatoms. The van der Waals surface area contributed by atoms with Crippen LogP contribution in [0, 0.1) is 13.8 Å². The third kappa shape index (κ3) is 3.34. The molecule has 0 unspecified atom stereocenters. The fourth-order valence-electron chi connectivity index (χ4n) is 1.84. The van der Waals surface area contributed by atoms with Crippen molar-refractivity contribution >= 4 is 5.91 Å². The van der Waals surface area contributed by atoms with Gasteiger partial charge in [0.15, 0.2) is 5.82 Å².